The quantitative estimate of drug-likeness (QED) is 0.694. The second-order valence-electron chi connectivity index (χ2n) is 6.82. The van der Waals surface area contributed by atoms with Gasteiger partial charge in [-0.2, -0.15) is 4.31 Å². The monoisotopic (exact) mass is 422 g/mol. The second kappa shape index (κ2) is 8.11. The van der Waals surface area contributed by atoms with Gasteiger partial charge in [-0.25, -0.2) is 8.42 Å². The van der Waals surface area contributed by atoms with E-state index < -0.39 is 16.2 Å². The zero-order chi connectivity index (χ0) is 20.5. The molecule has 1 amide bonds. The summed E-state index contributed by atoms with van der Waals surface area (Å²) in [6.45, 7) is 3.91. The number of benzene rings is 2. The van der Waals surface area contributed by atoms with Crippen molar-refractivity contribution >= 4 is 27.5 Å². The van der Waals surface area contributed by atoms with Gasteiger partial charge in [0, 0.05) is 12.6 Å². The lowest BCUT2D eigenvalue weighted by molar-refractivity contribution is -0.131. The van der Waals surface area contributed by atoms with E-state index in [0.29, 0.717) is 11.3 Å². The average molecular weight is 423 g/mol. The summed E-state index contributed by atoms with van der Waals surface area (Å²) in [6.07, 6.45) is -0.765. The summed E-state index contributed by atoms with van der Waals surface area (Å²) in [6, 6.07) is 13.4. The first-order valence-electron chi connectivity index (χ1n) is 8.89. The summed E-state index contributed by atoms with van der Waals surface area (Å²) in [5, 5.41) is 0. The van der Waals surface area contributed by atoms with Crippen LogP contribution >= 0.6 is 11.6 Å². The standard InChI is InChI=1S/C20H23ClN2O4S/c1-14-4-10-18(11-5-14)28(25,26)22-13-15(2)23(19(24)12-21)20(22)16-6-8-17(27-3)9-7-16/h4-11,15,20H,12-13H2,1-3H3/t15-,20-/m0/s1. The van der Waals surface area contributed by atoms with Crippen LogP contribution in [0, 0.1) is 6.92 Å². The maximum atomic E-state index is 13.4. The molecule has 0 unspecified atom stereocenters. The predicted octanol–water partition coefficient (Wildman–Crippen LogP) is 3.16. The Morgan fingerprint density at radius 3 is 2.29 bits per heavy atom. The third kappa shape index (κ3) is 3.74. The minimum atomic E-state index is -3.81. The Kier molecular flexibility index (Phi) is 5.98. The topological polar surface area (TPSA) is 66.9 Å². The molecule has 0 spiro atoms. The second-order valence-corrected chi connectivity index (χ2v) is 8.98. The van der Waals surface area contributed by atoms with Crippen LogP contribution in [-0.4, -0.2) is 49.1 Å². The van der Waals surface area contributed by atoms with E-state index in [-0.39, 0.29) is 29.3 Å². The molecule has 28 heavy (non-hydrogen) atoms. The fraction of sp³-hybridized carbons (Fsp3) is 0.350. The van der Waals surface area contributed by atoms with E-state index in [0.717, 1.165) is 5.56 Å². The molecule has 0 radical (unpaired) electrons. The van der Waals surface area contributed by atoms with Gasteiger partial charge in [0.25, 0.3) is 0 Å². The van der Waals surface area contributed by atoms with Gasteiger partial charge >= 0.3 is 0 Å². The molecule has 0 saturated carbocycles. The number of carbonyl (C=O) groups is 1. The Labute approximate surface area is 170 Å². The van der Waals surface area contributed by atoms with Gasteiger partial charge in [-0.1, -0.05) is 29.8 Å². The van der Waals surface area contributed by atoms with Crippen LogP contribution < -0.4 is 4.74 Å². The Morgan fingerprint density at radius 2 is 1.75 bits per heavy atom. The number of ether oxygens (including phenoxy) is 1. The normalized spacial score (nSPS) is 20.4. The van der Waals surface area contributed by atoms with Crippen LogP contribution in [0.15, 0.2) is 53.4 Å². The molecule has 1 heterocycles. The molecule has 6 nitrogen and oxygen atoms in total. The number of halogens is 1. The van der Waals surface area contributed by atoms with Crippen LogP contribution in [0.5, 0.6) is 5.75 Å². The fourth-order valence-electron chi connectivity index (χ4n) is 3.46. The van der Waals surface area contributed by atoms with Crippen molar-refractivity contribution in [1.29, 1.82) is 0 Å². The third-order valence-electron chi connectivity index (χ3n) is 4.90. The molecule has 3 rings (SSSR count). The van der Waals surface area contributed by atoms with Gasteiger partial charge in [-0.15, -0.1) is 11.6 Å². The van der Waals surface area contributed by atoms with Crippen molar-refractivity contribution in [3.63, 3.8) is 0 Å². The first kappa shape index (κ1) is 20.6. The van der Waals surface area contributed by atoms with Crippen molar-refractivity contribution in [3.8, 4) is 5.75 Å². The van der Waals surface area contributed by atoms with Crippen LogP contribution in [0.1, 0.15) is 24.2 Å². The lowest BCUT2D eigenvalue weighted by Crippen LogP contribution is -2.40. The van der Waals surface area contributed by atoms with Crippen molar-refractivity contribution in [3.05, 3.63) is 59.7 Å². The third-order valence-corrected chi connectivity index (χ3v) is 6.96. The molecule has 0 aromatic heterocycles. The van der Waals surface area contributed by atoms with Crippen molar-refractivity contribution < 1.29 is 17.9 Å². The van der Waals surface area contributed by atoms with Crippen molar-refractivity contribution in [2.45, 2.75) is 31.0 Å². The van der Waals surface area contributed by atoms with E-state index in [4.69, 9.17) is 16.3 Å². The zero-order valence-electron chi connectivity index (χ0n) is 16.0. The highest BCUT2D eigenvalue weighted by Crippen LogP contribution is 2.38. The Bertz CT molecular complexity index is 945. The van der Waals surface area contributed by atoms with E-state index in [9.17, 15) is 13.2 Å². The number of amides is 1. The van der Waals surface area contributed by atoms with E-state index in [1.807, 2.05) is 13.8 Å². The highest BCUT2D eigenvalue weighted by Gasteiger charge is 2.46. The number of aryl methyl sites for hydroxylation is 1. The molecule has 1 fully saturated rings. The van der Waals surface area contributed by atoms with Gasteiger partial charge in [0.2, 0.25) is 15.9 Å². The number of methoxy groups -OCH3 is 1. The molecule has 8 heteroatoms. The number of alkyl halides is 1. The zero-order valence-corrected chi connectivity index (χ0v) is 17.6. The smallest absolute Gasteiger partial charge is 0.245 e. The maximum Gasteiger partial charge on any atom is 0.245 e. The molecule has 2 atom stereocenters. The number of rotatable bonds is 5. The van der Waals surface area contributed by atoms with Crippen molar-refractivity contribution in [1.82, 2.24) is 9.21 Å². The molecular formula is C20H23ClN2O4S. The molecular weight excluding hydrogens is 400 g/mol. The number of nitrogens with zero attached hydrogens (tertiary/aromatic N) is 2. The molecule has 0 bridgehead atoms. The van der Waals surface area contributed by atoms with Gasteiger partial charge in [-0.05, 0) is 43.7 Å². The van der Waals surface area contributed by atoms with Crippen LogP contribution in [0.4, 0.5) is 0 Å². The van der Waals surface area contributed by atoms with E-state index in [2.05, 4.69) is 0 Å². The summed E-state index contributed by atoms with van der Waals surface area (Å²) in [7, 11) is -2.25. The average Bonchev–Trinajstić information content (AvgIpc) is 3.05. The summed E-state index contributed by atoms with van der Waals surface area (Å²) in [4.78, 5) is 14.3. The molecule has 2 aromatic carbocycles. The minimum Gasteiger partial charge on any atom is -0.497 e. The molecule has 1 aliphatic rings. The fourth-order valence-corrected chi connectivity index (χ4v) is 5.24. The van der Waals surface area contributed by atoms with E-state index in [1.165, 1.54) is 4.31 Å². The number of hydrogen-bond acceptors (Lipinski definition) is 4. The summed E-state index contributed by atoms with van der Waals surface area (Å²) in [5.74, 6) is 0.129. The van der Waals surface area contributed by atoms with Gasteiger partial charge in [0.1, 0.15) is 17.8 Å². The van der Waals surface area contributed by atoms with Gasteiger partial charge in [0.15, 0.2) is 0 Å². The van der Waals surface area contributed by atoms with Crippen LogP contribution in [0.25, 0.3) is 0 Å². The highest BCUT2D eigenvalue weighted by molar-refractivity contribution is 7.89. The lowest BCUT2D eigenvalue weighted by Gasteiger charge is -2.31. The van der Waals surface area contributed by atoms with Crippen LogP contribution in [0.2, 0.25) is 0 Å². The molecule has 2 aromatic rings. The lowest BCUT2D eigenvalue weighted by atomic mass is 10.1. The number of sulfonamides is 1. The SMILES string of the molecule is COc1ccc([C@@H]2N(C(=O)CCl)[C@@H](C)CN2S(=O)(=O)c2ccc(C)cc2)cc1. The summed E-state index contributed by atoms with van der Waals surface area (Å²) >= 11 is 5.82. The Balaban J connectivity index is 2.09. The highest BCUT2D eigenvalue weighted by atomic mass is 35.5. The van der Waals surface area contributed by atoms with Crippen LogP contribution in [-0.2, 0) is 14.8 Å². The van der Waals surface area contributed by atoms with E-state index in [1.54, 1.807) is 60.5 Å². The number of hydrogen-bond donors (Lipinski definition) is 0. The maximum absolute atomic E-state index is 13.4. The predicted molar refractivity (Wildman–Crippen MR) is 108 cm³/mol. The van der Waals surface area contributed by atoms with E-state index >= 15 is 0 Å². The Morgan fingerprint density at radius 1 is 1.14 bits per heavy atom. The van der Waals surface area contributed by atoms with Gasteiger partial charge in [0.05, 0.1) is 12.0 Å². The van der Waals surface area contributed by atoms with Crippen LogP contribution in [0.3, 0.4) is 0 Å². The van der Waals surface area contributed by atoms with Gasteiger partial charge < -0.3 is 9.64 Å². The molecule has 1 saturated heterocycles. The van der Waals surface area contributed by atoms with Gasteiger partial charge in [-0.3, -0.25) is 4.79 Å². The first-order chi connectivity index (χ1) is 13.3. The molecule has 150 valence electrons. The summed E-state index contributed by atoms with van der Waals surface area (Å²) < 4.78 is 33.3. The molecule has 1 aliphatic heterocycles. The molecule has 0 N–H and O–H groups in total. The minimum absolute atomic E-state index is 0.190. The number of carbonyl (C=O) groups excluding carboxylic acids is 1. The largest absolute Gasteiger partial charge is 0.497 e. The van der Waals surface area contributed by atoms with Crippen molar-refractivity contribution in [2.24, 2.45) is 0 Å². The molecule has 0 aliphatic carbocycles. The first-order valence-corrected chi connectivity index (χ1v) is 10.9. The summed E-state index contributed by atoms with van der Waals surface area (Å²) in [5.41, 5.74) is 1.65. The van der Waals surface area contributed by atoms with Crippen molar-refractivity contribution in [2.75, 3.05) is 19.5 Å². The Hall–Kier alpha value is -2.09.